The molecular weight excluding hydrogens is 292 g/mol. The van der Waals surface area contributed by atoms with Crippen LogP contribution in [0.4, 0.5) is 11.4 Å². The van der Waals surface area contributed by atoms with Gasteiger partial charge in [-0.1, -0.05) is 72.8 Å². The minimum Gasteiger partial charge on any atom is -0.280 e. The van der Waals surface area contributed by atoms with Gasteiger partial charge in [0.2, 0.25) is 0 Å². The van der Waals surface area contributed by atoms with Crippen molar-refractivity contribution in [3.05, 3.63) is 97.1 Å². The van der Waals surface area contributed by atoms with E-state index in [2.05, 4.69) is 60.7 Å². The van der Waals surface area contributed by atoms with Crippen molar-refractivity contribution in [3.63, 3.8) is 0 Å². The molecule has 0 radical (unpaired) electrons. The minimum absolute atomic E-state index is 0.963. The normalized spacial score (nSPS) is 10.7. The van der Waals surface area contributed by atoms with Gasteiger partial charge in [-0.05, 0) is 46.2 Å². The fourth-order valence-corrected chi connectivity index (χ4v) is 2.92. The summed E-state index contributed by atoms with van der Waals surface area (Å²) in [5.74, 6) is 6.33. The first kappa shape index (κ1) is 14.5. The minimum atomic E-state index is 0.963. The third-order valence-electron chi connectivity index (χ3n) is 4.26. The van der Waals surface area contributed by atoms with Gasteiger partial charge in [0.15, 0.2) is 0 Å². The second-order valence-corrected chi connectivity index (χ2v) is 5.81. The highest BCUT2D eigenvalue weighted by molar-refractivity contribution is 5.86. The van der Waals surface area contributed by atoms with E-state index in [1.54, 1.807) is 5.01 Å². The van der Waals surface area contributed by atoms with Gasteiger partial charge < -0.3 is 0 Å². The fraction of sp³-hybridized carbons (Fsp3) is 0. The summed E-state index contributed by atoms with van der Waals surface area (Å²) in [6.07, 6.45) is 0. The van der Waals surface area contributed by atoms with Crippen molar-refractivity contribution in [1.82, 2.24) is 0 Å². The van der Waals surface area contributed by atoms with E-state index < -0.39 is 0 Å². The molecule has 0 atom stereocenters. The molecule has 2 nitrogen and oxygen atoms in total. The van der Waals surface area contributed by atoms with Crippen molar-refractivity contribution in [3.8, 4) is 11.1 Å². The average Bonchev–Trinajstić information content (AvgIpc) is 2.68. The van der Waals surface area contributed by atoms with Crippen molar-refractivity contribution < 1.29 is 0 Å². The molecule has 0 amide bonds. The van der Waals surface area contributed by atoms with Gasteiger partial charge in [-0.25, -0.2) is 5.84 Å². The van der Waals surface area contributed by atoms with Gasteiger partial charge in [0.1, 0.15) is 0 Å². The molecule has 0 aliphatic rings. The van der Waals surface area contributed by atoms with Crippen LogP contribution < -0.4 is 10.9 Å². The van der Waals surface area contributed by atoms with Crippen molar-refractivity contribution in [2.45, 2.75) is 0 Å². The molecule has 0 unspecified atom stereocenters. The maximum Gasteiger partial charge on any atom is 0.0581 e. The molecule has 0 heterocycles. The number of anilines is 2. The molecule has 0 aliphatic carbocycles. The summed E-state index contributed by atoms with van der Waals surface area (Å²) in [7, 11) is 0. The number of hydrogen-bond donors (Lipinski definition) is 1. The zero-order valence-corrected chi connectivity index (χ0v) is 13.3. The van der Waals surface area contributed by atoms with E-state index in [0.717, 1.165) is 11.4 Å². The Hall–Kier alpha value is -3.10. The Labute approximate surface area is 141 Å². The summed E-state index contributed by atoms with van der Waals surface area (Å²) in [4.78, 5) is 0. The van der Waals surface area contributed by atoms with Crippen LogP contribution in [-0.4, -0.2) is 0 Å². The summed E-state index contributed by atoms with van der Waals surface area (Å²) in [6, 6.07) is 33.2. The summed E-state index contributed by atoms with van der Waals surface area (Å²) in [6.45, 7) is 0. The molecule has 0 aromatic heterocycles. The first-order valence-corrected chi connectivity index (χ1v) is 8.00. The lowest BCUT2D eigenvalue weighted by Gasteiger charge is -2.19. The molecule has 0 bridgehead atoms. The highest BCUT2D eigenvalue weighted by atomic mass is 15.4. The number of nitrogens with zero attached hydrogens (tertiary/aromatic N) is 1. The molecule has 4 aromatic carbocycles. The Morgan fingerprint density at radius 2 is 1.08 bits per heavy atom. The molecular formula is C22H18N2. The highest BCUT2D eigenvalue weighted by Gasteiger charge is 2.06. The van der Waals surface area contributed by atoms with Crippen LogP contribution in [0.2, 0.25) is 0 Å². The van der Waals surface area contributed by atoms with Gasteiger partial charge in [0.05, 0.1) is 11.4 Å². The molecule has 0 aliphatic heterocycles. The maximum absolute atomic E-state index is 6.33. The molecule has 0 spiro atoms. The van der Waals surface area contributed by atoms with Gasteiger partial charge in [0, 0.05) is 0 Å². The van der Waals surface area contributed by atoms with E-state index in [4.69, 9.17) is 5.84 Å². The van der Waals surface area contributed by atoms with Crippen molar-refractivity contribution in [1.29, 1.82) is 0 Å². The maximum atomic E-state index is 6.33. The highest BCUT2D eigenvalue weighted by Crippen LogP contribution is 2.28. The number of hydrazine groups is 1. The standard InChI is InChI=1S/C22H18N2/c23-24(22-15-12-18-8-4-5-9-20(18)16-22)21-13-10-19(11-14-21)17-6-2-1-3-7-17/h1-16H,23H2. The molecule has 2 N–H and O–H groups in total. The predicted molar refractivity (Wildman–Crippen MR) is 102 cm³/mol. The van der Waals surface area contributed by atoms with E-state index >= 15 is 0 Å². The first-order valence-electron chi connectivity index (χ1n) is 8.00. The smallest absolute Gasteiger partial charge is 0.0581 e. The Morgan fingerprint density at radius 3 is 1.83 bits per heavy atom. The summed E-state index contributed by atoms with van der Waals surface area (Å²) in [5, 5.41) is 4.13. The summed E-state index contributed by atoms with van der Waals surface area (Å²) in [5.41, 5.74) is 4.33. The van der Waals surface area contributed by atoms with Crippen LogP contribution >= 0.6 is 0 Å². The Balaban J connectivity index is 1.64. The van der Waals surface area contributed by atoms with Crippen LogP contribution in [0.3, 0.4) is 0 Å². The quantitative estimate of drug-likeness (QED) is 0.399. The van der Waals surface area contributed by atoms with Crippen LogP contribution in [0.1, 0.15) is 0 Å². The average molecular weight is 310 g/mol. The number of rotatable bonds is 3. The number of fused-ring (bicyclic) bond motifs is 1. The van der Waals surface area contributed by atoms with Crippen molar-refractivity contribution in [2.24, 2.45) is 5.84 Å². The van der Waals surface area contributed by atoms with E-state index in [1.165, 1.54) is 21.9 Å². The van der Waals surface area contributed by atoms with E-state index in [9.17, 15) is 0 Å². The van der Waals surface area contributed by atoms with E-state index in [-0.39, 0.29) is 0 Å². The lowest BCUT2D eigenvalue weighted by atomic mass is 10.1. The largest absolute Gasteiger partial charge is 0.280 e. The topological polar surface area (TPSA) is 29.3 Å². The molecule has 0 fully saturated rings. The Kier molecular flexibility index (Phi) is 3.73. The first-order chi connectivity index (χ1) is 11.8. The van der Waals surface area contributed by atoms with Crippen LogP contribution in [0.15, 0.2) is 97.1 Å². The second-order valence-electron chi connectivity index (χ2n) is 5.81. The molecule has 24 heavy (non-hydrogen) atoms. The molecule has 0 saturated carbocycles. The van der Waals surface area contributed by atoms with E-state index in [0.29, 0.717) is 0 Å². The zero-order valence-electron chi connectivity index (χ0n) is 13.3. The van der Waals surface area contributed by atoms with Crippen LogP contribution in [0.5, 0.6) is 0 Å². The Bertz CT molecular complexity index is 960. The molecule has 2 heteroatoms. The number of hydrogen-bond acceptors (Lipinski definition) is 2. The lowest BCUT2D eigenvalue weighted by Crippen LogP contribution is -2.24. The summed E-state index contributed by atoms with van der Waals surface area (Å²) >= 11 is 0. The third-order valence-corrected chi connectivity index (χ3v) is 4.26. The predicted octanol–water partition coefficient (Wildman–Crippen LogP) is 5.52. The van der Waals surface area contributed by atoms with Gasteiger partial charge in [-0.3, -0.25) is 5.01 Å². The fourth-order valence-electron chi connectivity index (χ4n) is 2.92. The van der Waals surface area contributed by atoms with Crippen LogP contribution in [0.25, 0.3) is 21.9 Å². The van der Waals surface area contributed by atoms with Crippen LogP contribution in [-0.2, 0) is 0 Å². The number of nitrogens with two attached hydrogens (primary N) is 1. The van der Waals surface area contributed by atoms with Gasteiger partial charge in [-0.2, -0.15) is 0 Å². The van der Waals surface area contributed by atoms with Crippen LogP contribution in [0, 0.1) is 0 Å². The molecule has 4 aromatic rings. The van der Waals surface area contributed by atoms with Gasteiger partial charge >= 0.3 is 0 Å². The number of benzene rings is 4. The van der Waals surface area contributed by atoms with Gasteiger partial charge in [-0.15, -0.1) is 0 Å². The SMILES string of the molecule is NN(c1ccc(-c2ccccc2)cc1)c1ccc2ccccc2c1. The van der Waals surface area contributed by atoms with Gasteiger partial charge in [0.25, 0.3) is 0 Å². The Morgan fingerprint density at radius 1 is 0.500 bits per heavy atom. The summed E-state index contributed by atoms with van der Waals surface area (Å²) < 4.78 is 0. The van der Waals surface area contributed by atoms with Crippen molar-refractivity contribution in [2.75, 3.05) is 5.01 Å². The second kappa shape index (κ2) is 6.19. The van der Waals surface area contributed by atoms with E-state index in [1.807, 2.05) is 36.4 Å². The zero-order chi connectivity index (χ0) is 16.4. The lowest BCUT2D eigenvalue weighted by molar-refractivity contribution is 1.09. The monoisotopic (exact) mass is 310 g/mol. The third kappa shape index (κ3) is 2.75. The molecule has 0 saturated heterocycles. The molecule has 4 rings (SSSR count). The van der Waals surface area contributed by atoms with Crippen molar-refractivity contribution >= 4 is 22.1 Å². The molecule has 116 valence electrons.